The van der Waals surface area contributed by atoms with Gasteiger partial charge in [0, 0.05) is 11.3 Å². The van der Waals surface area contributed by atoms with Crippen LogP contribution in [0.15, 0.2) is 53.3 Å². The highest BCUT2D eigenvalue weighted by Gasteiger charge is 2.31. The van der Waals surface area contributed by atoms with Gasteiger partial charge in [-0.25, -0.2) is 9.67 Å². The molecule has 176 valence electrons. The summed E-state index contributed by atoms with van der Waals surface area (Å²) in [5, 5.41) is 7.60. The zero-order chi connectivity index (χ0) is 24.5. The fourth-order valence-corrected chi connectivity index (χ4v) is 4.13. The SMILES string of the molecule is COc1cccc(-c2nn(CC(=O)Nc3ccc(OC(F)(F)F)cc3)c(=O)c3nc(C)sc23)c1. The Balaban J connectivity index is 1.62. The van der Waals surface area contributed by atoms with Gasteiger partial charge in [-0.2, -0.15) is 5.10 Å². The van der Waals surface area contributed by atoms with E-state index in [0.29, 0.717) is 26.7 Å². The zero-order valence-electron chi connectivity index (χ0n) is 17.8. The summed E-state index contributed by atoms with van der Waals surface area (Å²) < 4.78 is 47.6. The first-order valence-electron chi connectivity index (χ1n) is 9.81. The maximum atomic E-state index is 12.9. The molecular formula is C22H17F3N4O4S. The summed E-state index contributed by atoms with van der Waals surface area (Å²) in [4.78, 5) is 29.8. The number of hydrogen-bond acceptors (Lipinski definition) is 7. The first-order valence-corrected chi connectivity index (χ1v) is 10.6. The number of hydrogen-bond donors (Lipinski definition) is 1. The molecule has 0 saturated carbocycles. The molecule has 0 bridgehead atoms. The monoisotopic (exact) mass is 490 g/mol. The number of fused-ring (bicyclic) bond motifs is 1. The minimum atomic E-state index is -4.81. The number of amides is 1. The van der Waals surface area contributed by atoms with Crippen LogP contribution >= 0.6 is 11.3 Å². The molecule has 0 radical (unpaired) electrons. The van der Waals surface area contributed by atoms with Crippen LogP contribution in [-0.4, -0.2) is 34.1 Å². The topological polar surface area (TPSA) is 95.3 Å². The Bertz CT molecular complexity index is 1410. The Morgan fingerprint density at radius 3 is 2.56 bits per heavy atom. The number of aryl methyl sites for hydroxylation is 1. The van der Waals surface area contributed by atoms with Gasteiger partial charge >= 0.3 is 6.36 Å². The molecule has 4 rings (SSSR count). The number of carbonyl (C=O) groups is 1. The van der Waals surface area contributed by atoms with E-state index < -0.39 is 30.1 Å². The quantitative estimate of drug-likeness (QED) is 0.431. The Kier molecular flexibility index (Phi) is 6.24. The van der Waals surface area contributed by atoms with E-state index in [1.165, 1.54) is 30.6 Å². The highest BCUT2D eigenvalue weighted by atomic mass is 32.1. The van der Waals surface area contributed by atoms with E-state index in [2.05, 4.69) is 20.1 Å². The molecule has 1 amide bonds. The predicted octanol–water partition coefficient (Wildman–Crippen LogP) is 4.37. The highest BCUT2D eigenvalue weighted by molar-refractivity contribution is 7.19. The maximum Gasteiger partial charge on any atom is 0.573 e. The molecule has 1 N–H and O–H groups in total. The molecule has 2 heterocycles. The number of anilines is 1. The van der Waals surface area contributed by atoms with Crippen molar-refractivity contribution in [3.8, 4) is 22.8 Å². The average molecular weight is 490 g/mol. The fourth-order valence-electron chi connectivity index (χ4n) is 3.21. The van der Waals surface area contributed by atoms with E-state index in [-0.39, 0.29) is 11.2 Å². The van der Waals surface area contributed by atoms with Crippen LogP contribution in [0.5, 0.6) is 11.5 Å². The van der Waals surface area contributed by atoms with Gasteiger partial charge in [0.25, 0.3) is 5.56 Å². The summed E-state index contributed by atoms with van der Waals surface area (Å²) in [6.45, 7) is 1.34. The molecule has 0 saturated heterocycles. The number of nitrogens with one attached hydrogen (secondary N) is 1. The average Bonchev–Trinajstić information content (AvgIpc) is 3.18. The molecule has 0 aliphatic carbocycles. The third-order valence-electron chi connectivity index (χ3n) is 4.62. The highest BCUT2D eigenvalue weighted by Crippen LogP contribution is 2.31. The summed E-state index contributed by atoms with van der Waals surface area (Å²) in [5.74, 6) is -0.417. The number of alkyl halides is 3. The third-order valence-corrected chi connectivity index (χ3v) is 5.59. The van der Waals surface area contributed by atoms with Gasteiger partial charge in [0.2, 0.25) is 5.91 Å². The van der Waals surface area contributed by atoms with Crippen molar-refractivity contribution in [2.75, 3.05) is 12.4 Å². The molecule has 0 unspecified atom stereocenters. The van der Waals surface area contributed by atoms with E-state index in [1.807, 2.05) is 0 Å². The largest absolute Gasteiger partial charge is 0.573 e. The van der Waals surface area contributed by atoms with Crippen LogP contribution in [0.3, 0.4) is 0 Å². The van der Waals surface area contributed by atoms with Gasteiger partial charge in [0.05, 0.1) is 16.8 Å². The van der Waals surface area contributed by atoms with Gasteiger partial charge in [-0.05, 0) is 43.3 Å². The van der Waals surface area contributed by atoms with Gasteiger partial charge < -0.3 is 14.8 Å². The molecule has 0 spiro atoms. The summed E-state index contributed by atoms with van der Waals surface area (Å²) in [6, 6.07) is 11.8. The lowest BCUT2D eigenvalue weighted by Gasteiger charge is -2.11. The number of benzene rings is 2. The Morgan fingerprint density at radius 2 is 1.88 bits per heavy atom. The molecule has 4 aromatic rings. The van der Waals surface area contributed by atoms with E-state index in [9.17, 15) is 22.8 Å². The van der Waals surface area contributed by atoms with Gasteiger partial charge in [-0.3, -0.25) is 9.59 Å². The van der Waals surface area contributed by atoms with Crippen molar-refractivity contribution < 1.29 is 27.4 Å². The van der Waals surface area contributed by atoms with Crippen LogP contribution in [0, 0.1) is 6.92 Å². The molecule has 0 aliphatic heterocycles. The molecule has 0 fully saturated rings. The van der Waals surface area contributed by atoms with Gasteiger partial charge in [0.15, 0.2) is 5.52 Å². The minimum absolute atomic E-state index is 0.191. The van der Waals surface area contributed by atoms with Crippen molar-refractivity contribution in [2.24, 2.45) is 0 Å². The Hall–Kier alpha value is -3.93. The Labute approximate surface area is 194 Å². The summed E-state index contributed by atoms with van der Waals surface area (Å²) in [6.07, 6.45) is -4.81. The van der Waals surface area contributed by atoms with Crippen LogP contribution in [0.25, 0.3) is 21.5 Å². The lowest BCUT2D eigenvalue weighted by Crippen LogP contribution is -2.30. The summed E-state index contributed by atoms with van der Waals surface area (Å²) in [7, 11) is 1.53. The van der Waals surface area contributed by atoms with Crippen LogP contribution in [-0.2, 0) is 11.3 Å². The van der Waals surface area contributed by atoms with Crippen molar-refractivity contribution in [1.29, 1.82) is 0 Å². The molecule has 0 atom stereocenters. The number of nitrogens with zero attached hydrogens (tertiary/aromatic N) is 3. The molecule has 0 aliphatic rings. The van der Waals surface area contributed by atoms with Crippen molar-refractivity contribution in [3.05, 3.63) is 63.9 Å². The van der Waals surface area contributed by atoms with E-state index in [4.69, 9.17) is 4.74 Å². The maximum absolute atomic E-state index is 12.9. The van der Waals surface area contributed by atoms with Crippen molar-refractivity contribution >= 4 is 33.1 Å². The minimum Gasteiger partial charge on any atom is -0.497 e. The first-order chi connectivity index (χ1) is 16.1. The number of halogens is 3. The number of rotatable bonds is 6. The van der Waals surface area contributed by atoms with E-state index >= 15 is 0 Å². The van der Waals surface area contributed by atoms with Crippen molar-refractivity contribution in [2.45, 2.75) is 19.8 Å². The first kappa shape index (κ1) is 23.2. The van der Waals surface area contributed by atoms with Crippen molar-refractivity contribution in [3.63, 3.8) is 0 Å². The van der Waals surface area contributed by atoms with E-state index in [0.717, 1.165) is 16.8 Å². The molecule has 2 aromatic carbocycles. The summed E-state index contributed by atoms with van der Waals surface area (Å²) in [5.41, 5.74) is 1.04. The number of methoxy groups -OCH3 is 1. The predicted molar refractivity (Wildman–Crippen MR) is 120 cm³/mol. The lowest BCUT2D eigenvalue weighted by molar-refractivity contribution is -0.274. The van der Waals surface area contributed by atoms with Gasteiger partial charge in [0.1, 0.15) is 23.7 Å². The van der Waals surface area contributed by atoms with E-state index in [1.54, 1.807) is 31.2 Å². The van der Waals surface area contributed by atoms with Gasteiger partial charge in [-0.15, -0.1) is 24.5 Å². The van der Waals surface area contributed by atoms with Crippen LogP contribution in [0.4, 0.5) is 18.9 Å². The van der Waals surface area contributed by atoms with Crippen LogP contribution in [0.2, 0.25) is 0 Å². The van der Waals surface area contributed by atoms with Crippen LogP contribution in [0.1, 0.15) is 5.01 Å². The molecule has 34 heavy (non-hydrogen) atoms. The molecule has 12 heteroatoms. The molecule has 2 aromatic heterocycles. The zero-order valence-corrected chi connectivity index (χ0v) is 18.7. The summed E-state index contributed by atoms with van der Waals surface area (Å²) >= 11 is 1.32. The second-order valence-electron chi connectivity index (χ2n) is 7.07. The molecular weight excluding hydrogens is 473 g/mol. The van der Waals surface area contributed by atoms with Gasteiger partial charge in [-0.1, -0.05) is 12.1 Å². The second kappa shape index (κ2) is 9.14. The fraction of sp³-hybridized carbons (Fsp3) is 0.182. The van der Waals surface area contributed by atoms with Crippen LogP contribution < -0.4 is 20.3 Å². The lowest BCUT2D eigenvalue weighted by atomic mass is 10.1. The number of carbonyl (C=O) groups excluding carboxylic acids is 1. The number of aromatic nitrogens is 3. The number of thiazole rings is 1. The van der Waals surface area contributed by atoms with Crippen molar-refractivity contribution in [1.82, 2.24) is 14.8 Å². The standard InChI is InChI=1S/C22H17F3N4O4S/c1-12-26-19-20(34-12)18(13-4-3-5-16(10-13)32-2)28-29(21(19)31)11-17(30)27-14-6-8-15(9-7-14)33-22(23,24)25/h3-10H,11H2,1-2H3,(H,27,30). The second-order valence-corrected chi connectivity index (χ2v) is 8.28. The smallest absolute Gasteiger partial charge is 0.497 e. The normalized spacial score (nSPS) is 11.4. The molecule has 8 nitrogen and oxygen atoms in total. The third kappa shape index (κ3) is 5.17. The Morgan fingerprint density at radius 1 is 1.15 bits per heavy atom. The number of ether oxygens (including phenoxy) is 2.